The van der Waals surface area contributed by atoms with Crippen LogP contribution in [0.25, 0.3) is 11.1 Å². The van der Waals surface area contributed by atoms with Crippen molar-refractivity contribution in [3.8, 4) is 11.1 Å². The van der Waals surface area contributed by atoms with Gasteiger partial charge in [0.25, 0.3) is 5.91 Å². The van der Waals surface area contributed by atoms with Gasteiger partial charge in [-0.2, -0.15) is 0 Å². The Hall–Kier alpha value is -2.07. The van der Waals surface area contributed by atoms with Gasteiger partial charge >= 0.3 is 0 Å². The summed E-state index contributed by atoms with van der Waals surface area (Å²) in [6, 6.07) is 11.8. The molecule has 4 heteroatoms. The molecular formula is C19H24N2O2. The minimum Gasteiger partial charge on any atom is -0.459 e. The molecule has 0 atom stereocenters. The van der Waals surface area contributed by atoms with Gasteiger partial charge < -0.3 is 14.6 Å². The van der Waals surface area contributed by atoms with Crippen LogP contribution in [0.15, 0.2) is 47.1 Å². The fourth-order valence-corrected chi connectivity index (χ4v) is 3.24. The van der Waals surface area contributed by atoms with E-state index in [1.165, 1.54) is 6.42 Å². The Morgan fingerprint density at radius 2 is 1.96 bits per heavy atom. The Labute approximate surface area is 137 Å². The molecule has 1 aliphatic heterocycles. The molecule has 0 unspecified atom stereocenters. The van der Waals surface area contributed by atoms with Crippen LogP contribution in [0, 0.1) is 5.92 Å². The molecule has 0 saturated carbocycles. The maximum absolute atomic E-state index is 12.8. The monoisotopic (exact) mass is 312 g/mol. The normalized spacial score (nSPS) is 15.8. The molecule has 1 fully saturated rings. The van der Waals surface area contributed by atoms with Crippen molar-refractivity contribution in [1.82, 2.24) is 10.2 Å². The summed E-state index contributed by atoms with van der Waals surface area (Å²) < 4.78 is 5.52. The number of hydrogen-bond acceptors (Lipinski definition) is 3. The van der Waals surface area contributed by atoms with Crippen LogP contribution in [0.1, 0.15) is 29.8 Å². The fraction of sp³-hybridized carbons (Fsp3) is 0.421. The molecule has 1 aromatic carbocycles. The number of furan rings is 1. The number of likely N-dealkylation sites (tertiary alicyclic amines) is 1. The van der Waals surface area contributed by atoms with Gasteiger partial charge in [-0.15, -0.1) is 0 Å². The lowest BCUT2D eigenvalue weighted by atomic mass is 9.93. The quantitative estimate of drug-likeness (QED) is 0.920. The maximum atomic E-state index is 12.8. The molecule has 0 radical (unpaired) electrons. The zero-order valence-electron chi connectivity index (χ0n) is 13.6. The summed E-state index contributed by atoms with van der Waals surface area (Å²) in [6.07, 6.45) is 4.95. The first kappa shape index (κ1) is 15.8. The minimum absolute atomic E-state index is 0.0147. The van der Waals surface area contributed by atoms with Crippen molar-refractivity contribution < 1.29 is 9.21 Å². The fourth-order valence-electron chi connectivity index (χ4n) is 3.24. The number of amides is 1. The second kappa shape index (κ2) is 7.47. The van der Waals surface area contributed by atoms with Crippen molar-refractivity contribution in [3.63, 3.8) is 0 Å². The molecule has 1 aliphatic rings. The van der Waals surface area contributed by atoms with E-state index in [9.17, 15) is 4.79 Å². The molecule has 122 valence electrons. The highest BCUT2D eigenvalue weighted by molar-refractivity contribution is 5.98. The SMILES string of the molecule is CNCCC1CCN(C(=O)c2occc2-c2ccccc2)CC1. The van der Waals surface area contributed by atoms with Gasteiger partial charge in [-0.1, -0.05) is 30.3 Å². The first-order valence-electron chi connectivity index (χ1n) is 8.36. The van der Waals surface area contributed by atoms with Crippen LogP contribution in [-0.4, -0.2) is 37.5 Å². The van der Waals surface area contributed by atoms with Crippen molar-refractivity contribution in [2.45, 2.75) is 19.3 Å². The largest absolute Gasteiger partial charge is 0.459 e. The Kier molecular flexibility index (Phi) is 5.13. The molecule has 1 aromatic heterocycles. The minimum atomic E-state index is 0.0147. The Bertz CT molecular complexity index is 628. The summed E-state index contributed by atoms with van der Waals surface area (Å²) in [4.78, 5) is 14.7. The second-order valence-electron chi connectivity index (χ2n) is 6.16. The summed E-state index contributed by atoms with van der Waals surface area (Å²) in [5.41, 5.74) is 1.90. The third kappa shape index (κ3) is 3.64. The number of piperidine rings is 1. The number of carbonyl (C=O) groups is 1. The van der Waals surface area contributed by atoms with Crippen LogP contribution in [-0.2, 0) is 0 Å². The molecule has 0 aliphatic carbocycles. The molecule has 4 nitrogen and oxygen atoms in total. The van der Waals surface area contributed by atoms with Crippen molar-refractivity contribution in [2.24, 2.45) is 5.92 Å². The zero-order chi connectivity index (χ0) is 16.1. The molecule has 1 saturated heterocycles. The topological polar surface area (TPSA) is 45.5 Å². The van der Waals surface area contributed by atoms with E-state index < -0.39 is 0 Å². The summed E-state index contributed by atoms with van der Waals surface area (Å²) in [5.74, 6) is 1.20. The average molecular weight is 312 g/mol. The molecular weight excluding hydrogens is 288 g/mol. The smallest absolute Gasteiger partial charge is 0.290 e. The van der Waals surface area contributed by atoms with Crippen LogP contribution in [0.4, 0.5) is 0 Å². The van der Waals surface area contributed by atoms with Gasteiger partial charge in [0.1, 0.15) is 0 Å². The average Bonchev–Trinajstić information content (AvgIpc) is 3.10. The lowest BCUT2D eigenvalue weighted by Gasteiger charge is -2.31. The number of hydrogen-bond donors (Lipinski definition) is 1. The highest BCUT2D eigenvalue weighted by Gasteiger charge is 2.27. The molecule has 1 amide bonds. The lowest BCUT2D eigenvalue weighted by Crippen LogP contribution is -2.39. The Balaban J connectivity index is 1.67. The summed E-state index contributed by atoms with van der Waals surface area (Å²) >= 11 is 0. The van der Waals surface area contributed by atoms with Crippen LogP contribution in [0.2, 0.25) is 0 Å². The van der Waals surface area contributed by atoms with E-state index in [2.05, 4.69) is 5.32 Å². The van der Waals surface area contributed by atoms with Gasteiger partial charge in [-0.3, -0.25) is 4.79 Å². The third-order valence-electron chi connectivity index (χ3n) is 4.65. The molecule has 0 spiro atoms. The van der Waals surface area contributed by atoms with Crippen LogP contribution >= 0.6 is 0 Å². The first-order valence-corrected chi connectivity index (χ1v) is 8.36. The Morgan fingerprint density at radius 1 is 1.22 bits per heavy atom. The van der Waals surface area contributed by atoms with Crippen molar-refractivity contribution in [2.75, 3.05) is 26.7 Å². The van der Waals surface area contributed by atoms with Gasteiger partial charge in [0.15, 0.2) is 5.76 Å². The number of nitrogens with zero attached hydrogens (tertiary/aromatic N) is 1. The third-order valence-corrected chi connectivity index (χ3v) is 4.65. The van der Waals surface area contributed by atoms with E-state index in [-0.39, 0.29) is 5.91 Å². The number of rotatable bonds is 5. The summed E-state index contributed by atoms with van der Waals surface area (Å²) in [6.45, 7) is 2.69. The van der Waals surface area contributed by atoms with Crippen LogP contribution in [0.5, 0.6) is 0 Å². The van der Waals surface area contributed by atoms with Gasteiger partial charge in [0, 0.05) is 18.7 Å². The van der Waals surface area contributed by atoms with Crippen molar-refractivity contribution >= 4 is 5.91 Å². The predicted octanol–water partition coefficient (Wildman–Crippen LogP) is 3.41. The molecule has 2 aromatic rings. The molecule has 23 heavy (non-hydrogen) atoms. The maximum Gasteiger partial charge on any atom is 0.290 e. The second-order valence-corrected chi connectivity index (χ2v) is 6.16. The van der Waals surface area contributed by atoms with Crippen LogP contribution in [0.3, 0.4) is 0 Å². The van der Waals surface area contributed by atoms with E-state index in [0.717, 1.165) is 49.5 Å². The lowest BCUT2D eigenvalue weighted by molar-refractivity contribution is 0.0656. The molecule has 3 rings (SSSR count). The molecule has 0 bridgehead atoms. The predicted molar refractivity (Wildman–Crippen MR) is 91.3 cm³/mol. The highest BCUT2D eigenvalue weighted by atomic mass is 16.3. The van der Waals surface area contributed by atoms with Gasteiger partial charge in [-0.25, -0.2) is 0 Å². The molecule has 1 N–H and O–H groups in total. The highest BCUT2D eigenvalue weighted by Crippen LogP contribution is 2.28. The van der Waals surface area contributed by atoms with Crippen molar-refractivity contribution in [3.05, 3.63) is 48.4 Å². The van der Waals surface area contributed by atoms with E-state index in [0.29, 0.717) is 5.76 Å². The van der Waals surface area contributed by atoms with Gasteiger partial charge in [0.05, 0.1) is 6.26 Å². The first-order chi connectivity index (χ1) is 11.3. The van der Waals surface area contributed by atoms with Crippen LogP contribution < -0.4 is 5.32 Å². The number of carbonyl (C=O) groups excluding carboxylic acids is 1. The molecule has 2 heterocycles. The standard InChI is InChI=1S/C19H24N2O2/c1-20-11-7-15-8-12-21(13-9-15)19(22)18-17(10-14-23-18)16-5-3-2-4-6-16/h2-6,10,14-15,20H,7-9,11-13H2,1H3. The Morgan fingerprint density at radius 3 is 2.65 bits per heavy atom. The van der Waals surface area contributed by atoms with Gasteiger partial charge in [-0.05, 0) is 50.4 Å². The zero-order valence-corrected chi connectivity index (χ0v) is 13.6. The van der Waals surface area contributed by atoms with Gasteiger partial charge in [0.2, 0.25) is 0 Å². The van der Waals surface area contributed by atoms with E-state index in [1.54, 1.807) is 6.26 Å². The van der Waals surface area contributed by atoms with E-state index in [1.807, 2.05) is 48.3 Å². The van der Waals surface area contributed by atoms with E-state index >= 15 is 0 Å². The van der Waals surface area contributed by atoms with Crippen molar-refractivity contribution in [1.29, 1.82) is 0 Å². The summed E-state index contributed by atoms with van der Waals surface area (Å²) in [5, 5.41) is 3.20. The number of benzene rings is 1. The van der Waals surface area contributed by atoms with E-state index in [4.69, 9.17) is 4.42 Å². The summed E-state index contributed by atoms with van der Waals surface area (Å²) in [7, 11) is 1.99. The number of nitrogens with one attached hydrogen (secondary N) is 1.